The summed E-state index contributed by atoms with van der Waals surface area (Å²) in [6.45, 7) is 4.17. The number of carbonyl (C=O) groups is 1. The van der Waals surface area contributed by atoms with Gasteiger partial charge in [0.15, 0.2) is 0 Å². The van der Waals surface area contributed by atoms with Crippen LogP contribution in [0.15, 0.2) is 46.1 Å². The van der Waals surface area contributed by atoms with E-state index in [0.717, 1.165) is 15.9 Å². The molecule has 0 fully saturated rings. The van der Waals surface area contributed by atoms with Crippen LogP contribution in [-0.4, -0.2) is 30.3 Å². The molecule has 4 aromatic rings. The van der Waals surface area contributed by atoms with Crippen molar-refractivity contribution in [3.63, 3.8) is 0 Å². The van der Waals surface area contributed by atoms with E-state index in [1.54, 1.807) is 30.5 Å². The van der Waals surface area contributed by atoms with Gasteiger partial charge in [-0.05, 0) is 23.6 Å². The molecular weight excluding hydrogens is 418 g/mol. The van der Waals surface area contributed by atoms with E-state index in [4.69, 9.17) is 0 Å². The topological polar surface area (TPSA) is 114 Å². The molecule has 0 saturated heterocycles. The van der Waals surface area contributed by atoms with Gasteiger partial charge < -0.3 is 10.2 Å². The SMILES string of the molecule is CC(C)Cn1c(=O)n(C)c(=O)c2c(C(=O)O)c(C(O)c3ccnc4ccccc34)sc21. The number of fused-ring (bicyclic) bond motifs is 2. The van der Waals surface area contributed by atoms with Crippen molar-refractivity contribution in [1.29, 1.82) is 0 Å². The molecule has 0 radical (unpaired) electrons. The van der Waals surface area contributed by atoms with Gasteiger partial charge in [0, 0.05) is 25.2 Å². The van der Waals surface area contributed by atoms with Gasteiger partial charge in [0.05, 0.1) is 21.3 Å². The minimum atomic E-state index is -1.33. The standard InChI is InChI=1S/C22H21N3O5S/c1-11(2)10-25-20-16(19(27)24(3)22(25)30)15(21(28)29)18(31-20)17(26)13-8-9-23-14-7-5-4-6-12(13)14/h4-9,11,17,26H,10H2,1-3H3,(H,28,29). The first-order chi connectivity index (χ1) is 14.7. The van der Waals surface area contributed by atoms with Crippen LogP contribution in [0, 0.1) is 5.92 Å². The van der Waals surface area contributed by atoms with Crippen molar-refractivity contribution in [2.45, 2.75) is 26.5 Å². The lowest BCUT2D eigenvalue weighted by Crippen LogP contribution is -2.38. The molecule has 0 aliphatic carbocycles. The zero-order valence-electron chi connectivity index (χ0n) is 17.2. The van der Waals surface area contributed by atoms with Crippen molar-refractivity contribution in [1.82, 2.24) is 14.1 Å². The van der Waals surface area contributed by atoms with E-state index < -0.39 is 23.3 Å². The van der Waals surface area contributed by atoms with E-state index in [9.17, 15) is 24.6 Å². The Labute approximate surface area is 180 Å². The zero-order valence-corrected chi connectivity index (χ0v) is 18.0. The van der Waals surface area contributed by atoms with Crippen molar-refractivity contribution in [2.75, 3.05) is 0 Å². The van der Waals surface area contributed by atoms with Crippen LogP contribution >= 0.6 is 11.3 Å². The molecule has 8 nitrogen and oxygen atoms in total. The highest BCUT2D eigenvalue weighted by Gasteiger charge is 2.30. The summed E-state index contributed by atoms with van der Waals surface area (Å²) in [5.41, 5.74) is -0.336. The molecule has 1 atom stereocenters. The Morgan fingerprint density at radius 2 is 1.90 bits per heavy atom. The fourth-order valence-corrected chi connectivity index (χ4v) is 5.07. The third-order valence-corrected chi connectivity index (χ3v) is 6.45. The van der Waals surface area contributed by atoms with Gasteiger partial charge in [-0.3, -0.25) is 18.9 Å². The maximum Gasteiger partial charge on any atom is 0.337 e. The first-order valence-electron chi connectivity index (χ1n) is 9.73. The summed E-state index contributed by atoms with van der Waals surface area (Å²) in [5, 5.41) is 21.8. The largest absolute Gasteiger partial charge is 0.478 e. The summed E-state index contributed by atoms with van der Waals surface area (Å²) in [6.07, 6.45) is 0.242. The number of hydrogen-bond donors (Lipinski definition) is 2. The third kappa shape index (κ3) is 3.35. The Hall–Kier alpha value is -3.30. The maximum absolute atomic E-state index is 12.9. The Balaban J connectivity index is 2.08. The van der Waals surface area contributed by atoms with Gasteiger partial charge in [0.25, 0.3) is 5.56 Å². The number of benzene rings is 1. The second-order valence-electron chi connectivity index (χ2n) is 7.80. The number of nitrogens with zero attached hydrogens (tertiary/aromatic N) is 3. The molecule has 1 unspecified atom stereocenters. The van der Waals surface area contributed by atoms with E-state index in [-0.39, 0.29) is 26.6 Å². The molecule has 0 saturated carbocycles. The second kappa shape index (κ2) is 7.75. The fraction of sp³-hybridized carbons (Fsp3) is 0.273. The predicted molar refractivity (Wildman–Crippen MR) is 119 cm³/mol. The van der Waals surface area contributed by atoms with E-state index in [1.165, 1.54) is 11.6 Å². The van der Waals surface area contributed by atoms with Crippen LogP contribution < -0.4 is 11.2 Å². The predicted octanol–water partition coefficient (Wildman–Crippen LogP) is 2.75. The maximum atomic E-state index is 12.9. The van der Waals surface area contributed by atoms with Crippen LogP contribution in [0.2, 0.25) is 0 Å². The van der Waals surface area contributed by atoms with Gasteiger partial charge in [-0.25, -0.2) is 9.59 Å². The summed E-state index contributed by atoms with van der Waals surface area (Å²) < 4.78 is 2.33. The van der Waals surface area contributed by atoms with Gasteiger partial charge in [-0.15, -0.1) is 11.3 Å². The minimum Gasteiger partial charge on any atom is -0.478 e. The summed E-state index contributed by atoms with van der Waals surface area (Å²) in [5.74, 6) is -1.24. The van der Waals surface area contributed by atoms with Crippen molar-refractivity contribution in [2.24, 2.45) is 13.0 Å². The van der Waals surface area contributed by atoms with Gasteiger partial charge in [0.2, 0.25) is 0 Å². The Morgan fingerprint density at radius 3 is 2.58 bits per heavy atom. The molecule has 2 N–H and O–H groups in total. The second-order valence-corrected chi connectivity index (χ2v) is 8.83. The quantitative estimate of drug-likeness (QED) is 0.494. The van der Waals surface area contributed by atoms with E-state index in [0.29, 0.717) is 23.0 Å². The highest BCUT2D eigenvalue weighted by atomic mass is 32.1. The van der Waals surface area contributed by atoms with Crippen molar-refractivity contribution < 1.29 is 15.0 Å². The number of hydrogen-bond acceptors (Lipinski definition) is 6. The lowest BCUT2D eigenvalue weighted by Gasteiger charge is -2.13. The average Bonchev–Trinajstić information content (AvgIpc) is 3.15. The lowest BCUT2D eigenvalue weighted by molar-refractivity contribution is 0.0694. The van der Waals surface area contributed by atoms with Crippen LogP contribution in [-0.2, 0) is 13.6 Å². The summed E-state index contributed by atoms with van der Waals surface area (Å²) >= 11 is 0.968. The molecule has 4 rings (SSSR count). The number of rotatable bonds is 5. The monoisotopic (exact) mass is 439 g/mol. The van der Waals surface area contributed by atoms with E-state index in [1.807, 2.05) is 19.9 Å². The molecule has 31 heavy (non-hydrogen) atoms. The van der Waals surface area contributed by atoms with Crippen LogP contribution in [0.1, 0.15) is 40.8 Å². The zero-order chi connectivity index (χ0) is 22.4. The van der Waals surface area contributed by atoms with Crippen LogP contribution in [0.25, 0.3) is 21.1 Å². The van der Waals surface area contributed by atoms with Gasteiger partial charge in [-0.1, -0.05) is 32.0 Å². The number of carboxylic acids is 1. The summed E-state index contributed by atoms with van der Waals surface area (Å²) in [7, 11) is 1.33. The fourth-order valence-electron chi connectivity index (χ4n) is 3.78. The molecule has 0 bridgehead atoms. The Morgan fingerprint density at radius 1 is 1.19 bits per heavy atom. The Kier molecular flexibility index (Phi) is 5.24. The minimum absolute atomic E-state index is 0.0624. The summed E-state index contributed by atoms with van der Waals surface area (Å²) in [6, 6.07) is 8.84. The number of aliphatic hydroxyl groups is 1. The van der Waals surface area contributed by atoms with Crippen LogP contribution in [0.3, 0.4) is 0 Å². The number of carboxylic acid groups (broad SMARTS) is 1. The number of aromatic nitrogens is 3. The van der Waals surface area contributed by atoms with Crippen molar-refractivity contribution >= 4 is 38.4 Å². The van der Waals surface area contributed by atoms with Crippen LogP contribution in [0.4, 0.5) is 0 Å². The number of aromatic carboxylic acids is 1. The normalized spacial score (nSPS) is 12.7. The Bertz CT molecular complexity index is 1440. The molecule has 0 aliphatic heterocycles. The molecular formula is C22H21N3O5S. The van der Waals surface area contributed by atoms with Crippen molar-refractivity contribution in [3.05, 3.63) is 73.4 Å². The first-order valence-corrected chi connectivity index (χ1v) is 10.5. The molecule has 3 aromatic heterocycles. The lowest BCUT2D eigenvalue weighted by atomic mass is 10.0. The molecule has 0 amide bonds. The molecule has 0 aliphatic rings. The molecule has 9 heteroatoms. The molecule has 160 valence electrons. The van der Waals surface area contributed by atoms with E-state index >= 15 is 0 Å². The highest BCUT2D eigenvalue weighted by Crippen LogP contribution is 2.38. The molecule has 3 heterocycles. The summed E-state index contributed by atoms with van der Waals surface area (Å²) in [4.78, 5) is 42.5. The number of thiophene rings is 1. The average molecular weight is 439 g/mol. The number of para-hydroxylation sites is 1. The molecule has 0 spiro atoms. The first kappa shape index (κ1) is 21.0. The van der Waals surface area contributed by atoms with Crippen LogP contribution in [0.5, 0.6) is 0 Å². The highest BCUT2D eigenvalue weighted by molar-refractivity contribution is 7.19. The van der Waals surface area contributed by atoms with Gasteiger partial charge in [0.1, 0.15) is 10.9 Å². The van der Waals surface area contributed by atoms with Gasteiger partial charge in [-0.2, -0.15) is 0 Å². The number of pyridine rings is 1. The van der Waals surface area contributed by atoms with Gasteiger partial charge >= 0.3 is 11.7 Å². The number of aliphatic hydroxyl groups excluding tert-OH is 1. The van der Waals surface area contributed by atoms with Crippen molar-refractivity contribution in [3.8, 4) is 0 Å². The third-order valence-electron chi connectivity index (χ3n) is 5.19. The van der Waals surface area contributed by atoms with E-state index in [2.05, 4.69) is 4.98 Å². The molecule has 1 aromatic carbocycles. The smallest absolute Gasteiger partial charge is 0.337 e.